The van der Waals surface area contributed by atoms with Gasteiger partial charge in [0.15, 0.2) is 0 Å². The number of sulfonamides is 1. The van der Waals surface area contributed by atoms with Crippen molar-refractivity contribution in [2.75, 3.05) is 31.3 Å². The molecule has 0 saturated heterocycles. The summed E-state index contributed by atoms with van der Waals surface area (Å²) in [5.41, 5.74) is 3.04. The van der Waals surface area contributed by atoms with Crippen molar-refractivity contribution in [2.45, 2.75) is 25.9 Å². The molecule has 0 radical (unpaired) electrons. The molecule has 3 aromatic carbocycles. The zero-order valence-corrected chi connectivity index (χ0v) is 22.4. The number of methoxy groups -OCH3 is 1. The van der Waals surface area contributed by atoms with Crippen molar-refractivity contribution >= 4 is 27.5 Å². The first-order chi connectivity index (χ1) is 17.6. The summed E-state index contributed by atoms with van der Waals surface area (Å²) in [6.07, 6.45) is 1.33. The molecule has 0 aromatic heterocycles. The zero-order chi connectivity index (χ0) is 27.0. The Kier molecular flexibility index (Phi) is 9.30. The molecule has 1 unspecified atom stereocenters. The summed E-state index contributed by atoms with van der Waals surface area (Å²) in [5.74, 6) is -0.262. The summed E-state index contributed by atoms with van der Waals surface area (Å²) in [6.45, 7) is 1.63. The molecule has 0 aliphatic carbocycles. The van der Waals surface area contributed by atoms with Crippen LogP contribution in [0.3, 0.4) is 0 Å². The van der Waals surface area contributed by atoms with Gasteiger partial charge in [-0.2, -0.15) is 0 Å². The molecule has 3 rings (SSSR count). The number of likely N-dealkylation sites (N-methyl/N-ethyl adjacent to an activating group) is 1. The van der Waals surface area contributed by atoms with Gasteiger partial charge in [0.2, 0.25) is 21.8 Å². The molecule has 37 heavy (non-hydrogen) atoms. The van der Waals surface area contributed by atoms with Crippen molar-refractivity contribution in [2.24, 2.45) is 0 Å². The van der Waals surface area contributed by atoms with E-state index >= 15 is 0 Å². The van der Waals surface area contributed by atoms with Crippen LogP contribution in [0.25, 0.3) is 0 Å². The number of anilines is 1. The van der Waals surface area contributed by atoms with Crippen LogP contribution in [0, 0.1) is 6.92 Å². The SMILES string of the molecule is CNC(=O)C(Cc1ccccc1)N(Cc1ccccc1C)C(=O)CN(c1ccc(OC)cc1)S(C)(=O)=O. The van der Waals surface area contributed by atoms with E-state index in [-0.39, 0.29) is 18.9 Å². The molecule has 0 aliphatic rings. The molecule has 0 bridgehead atoms. The fourth-order valence-corrected chi connectivity index (χ4v) is 4.90. The highest BCUT2D eigenvalue weighted by Gasteiger charge is 2.32. The predicted octanol–water partition coefficient (Wildman–Crippen LogP) is 3.16. The van der Waals surface area contributed by atoms with Crippen LogP contribution in [0.2, 0.25) is 0 Å². The van der Waals surface area contributed by atoms with Crippen molar-refractivity contribution in [1.29, 1.82) is 0 Å². The van der Waals surface area contributed by atoms with E-state index in [1.165, 1.54) is 19.1 Å². The van der Waals surface area contributed by atoms with E-state index in [1.807, 2.05) is 61.5 Å². The second-order valence-corrected chi connectivity index (χ2v) is 10.6. The Balaban J connectivity index is 2.02. The summed E-state index contributed by atoms with van der Waals surface area (Å²) in [4.78, 5) is 28.5. The first kappa shape index (κ1) is 27.7. The molecule has 3 aromatic rings. The van der Waals surface area contributed by atoms with E-state index < -0.39 is 28.5 Å². The molecule has 0 spiro atoms. The van der Waals surface area contributed by atoms with E-state index in [0.29, 0.717) is 11.4 Å². The topological polar surface area (TPSA) is 96.0 Å². The largest absolute Gasteiger partial charge is 0.497 e. The van der Waals surface area contributed by atoms with Gasteiger partial charge < -0.3 is 15.0 Å². The third-order valence-corrected chi connectivity index (χ3v) is 7.30. The quantitative estimate of drug-likeness (QED) is 0.417. The number of nitrogens with zero attached hydrogens (tertiary/aromatic N) is 2. The van der Waals surface area contributed by atoms with E-state index in [2.05, 4.69) is 5.32 Å². The predicted molar refractivity (Wildman–Crippen MR) is 145 cm³/mol. The number of hydrogen-bond donors (Lipinski definition) is 1. The van der Waals surface area contributed by atoms with Crippen molar-refractivity contribution < 1.29 is 22.7 Å². The van der Waals surface area contributed by atoms with Crippen LogP contribution in [0.4, 0.5) is 5.69 Å². The number of hydrogen-bond acceptors (Lipinski definition) is 5. The lowest BCUT2D eigenvalue weighted by atomic mass is 10.0. The maximum Gasteiger partial charge on any atom is 0.244 e. The van der Waals surface area contributed by atoms with Crippen molar-refractivity contribution in [3.8, 4) is 5.75 Å². The number of carbonyl (C=O) groups excluding carboxylic acids is 2. The minimum atomic E-state index is -3.81. The van der Waals surface area contributed by atoms with Crippen LogP contribution >= 0.6 is 0 Å². The number of benzene rings is 3. The molecule has 2 amide bonds. The maximum absolute atomic E-state index is 13.9. The highest BCUT2D eigenvalue weighted by molar-refractivity contribution is 7.92. The normalized spacial score (nSPS) is 11.9. The Morgan fingerprint density at radius 1 is 0.946 bits per heavy atom. The highest BCUT2D eigenvalue weighted by atomic mass is 32.2. The Bertz CT molecular complexity index is 1310. The fourth-order valence-electron chi connectivity index (χ4n) is 4.05. The standard InChI is InChI=1S/C28H33N3O5S/c1-21-10-8-9-13-23(21)19-30(26(28(33)29-2)18-22-11-6-5-7-12-22)27(32)20-31(37(4,34)35)24-14-16-25(36-3)17-15-24/h5-17,26H,18-20H2,1-4H3,(H,29,33). The molecule has 9 heteroatoms. The summed E-state index contributed by atoms with van der Waals surface area (Å²) in [5, 5.41) is 2.67. The molecular weight excluding hydrogens is 490 g/mol. The van der Waals surface area contributed by atoms with Gasteiger partial charge >= 0.3 is 0 Å². The monoisotopic (exact) mass is 523 g/mol. The molecule has 0 aliphatic heterocycles. The van der Waals surface area contributed by atoms with Crippen LogP contribution in [-0.2, 0) is 32.6 Å². The lowest BCUT2D eigenvalue weighted by Crippen LogP contribution is -2.53. The molecular formula is C28H33N3O5S. The van der Waals surface area contributed by atoms with Gasteiger partial charge in [-0.25, -0.2) is 8.42 Å². The first-order valence-electron chi connectivity index (χ1n) is 11.8. The van der Waals surface area contributed by atoms with Crippen LogP contribution < -0.4 is 14.4 Å². The zero-order valence-electron chi connectivity index (χ0n) is 21.5. The Labute approximate surface area is 218 Å². The number of rotatable bonds is 11. The number of nitrogens with one attached hydrogen (secondary N) is 1. The average molecular weight is 524 g/mol. The van der Waals surface area contributed by atoms with Crippen LogP contribution in [0.15, 0.2) is 78.9 Å². The van der Waals surface area contributed by atoms with Gasteiger partial charge in [-0.15, -0.1) is 0 Å². The molecule has 196 valence electrons. The van der Waals surface area contributed by atoms with Gasteiger partial charge in [0.05, 0.1) is 19.1 Å². The molecule has 0 fully saturated rings. The van der Waals surface area contributed by atoms with Gasteiger partial charge in [0.25, 0.3) is 0 Å². The van der Waals surface area contributed by atoms with Crippen molar-refractivity contribution in [1.82, 2.24) is 10.2 Å². The highest BCUT2D eigenvalue weighted by Crippen LogP contribution is 2.23. The van der Waals surface area contributed by atoms with Gasteiger partial charge in [0, 0.05) is 20.0 Å². The van der Waals surface area contributed by atoms with Crippen LogP contribution in [-0.4, -0.2) is 58.1 Å². The summed E-state index contributed by atoms with van der Waals surface area (Å²) in [7, 11) is -0.773. The van der Waals surface area contributed by atoms with Crippen LogP contribution in [0.5, 0.6) is 5.75 Å². The molecule has 8 nitrogen and oxygen atoms in total. The summed E-state index contributed by atoms with van der Waals surface area (Å²) < 4.78 is 31.7. The summed E-state index contributed by atoms with van der Waals surface area (Å²) >= 11 is 0. The van der Waals surface area contributed by atoms with Crippen molar-refractivity contribution in [3.05, 3.63) is 95.6 Å². The first-order valence-corrected chi connectivity index (χ1v) is 13.7. The molecule has 0 saturated carbocycles. The molecule has 1 atom stereocenters. The number of amides is 2. The lowest BCUT2D eigenvalue weighted by molar-refractivity contribution is -0.139. The van der Waals surface area contributed by atoms with E-state index in [4.69, 9.17) is 4.74 Å². The number of ether oxygens (including phenoxy) is 1. The average Bonchev–Trinajstić information content (AvgIpc) is 2.89. The van der Waals surface area contributed by atoms with Gasteiger partial charge in [-0.3, -0.25) is 13.9 Å². The van der Waals surface area contributed by atoms with Gasteiger partial charge in [-0.1, -0.05) is 54.6 Å². The molecule has 0 heterocycles. The Morgan fingerprint density at radius 2 is 1.57 bits per heavy atom. The molecule has 1 N–H and O–H groups in total. The van der Waals surface area contributed by atoms with Crippen LogP contribution in [0.1, 0.15) is 16.7 Å². The second-order valence-electron chi connectivity index (χ2n) is 8.74. The number of carbonyl (C=O) groups is 2. The minimum absolute atomic E-state index is 0.149. The minimum Gasteiger partial charge on any atom is -0.497 e. The Morgan fingerprint density at radius 3 is 2.14 bits per heavy atom. The Hall–Kier alpha value is -3.85. The smallest absolute Gasteiger partial charge is 0.244 e. The fraction of sp³-hybridized carbons (Fsp3) is 0.286. The van der Waals surface area contributed by atoms with E-state index in [1.54, 1.807) is 24.3 Å². The van der Waals surface area contributed by atoms with E-state index in [0.717, 1.165) is 27.3 Å². The third kappa shape index (κ3) is 7.33. The van der Waals surface area contributed by atoms with Gasteiger partial charge in [0.1, 0.15) is 18.3 Å². The number of aryl methyl sites for hydroxylation is 1. The second kappa shape index (κ2) is 12.4. The van der Waals surface area contributed by atoms with Gasteiger partial charge in [-0.05, 0) is 47.9 Å². The maximum atomic E-state index is 13.9. The third-order valence-electron chi connectivity index (χ3n) is 6.16. The lowest BCUT2D eigenvalue weighted by Gasteiger charge is -2.33. The van der Waals surface area contributed by atoms with Crippen molar-refractivity contribution in [3.63, 3.8) is 0 Å². The van der Waals surface area contributed by atoms with E-state index in [9.17, 15) is 18.0 Å². The summed E-state index contributed by atoms with van der Waals surface area (Å²) in [6, 6.07) is 22.6.